The molecule has 35 heavy (non-hydrogen) atoms. The van der Waals surface area contributed by atoms with Crippen molar-refractivity contribution in [2.45, 2.75) is 0 Å². The quantitative estimate of drug-likeness (QED) is 0.287. The molecule has 0 aliphatic carbocycles. The Morgan fingerprint density at radius 2 is 1.26 bits per heavy atom. The van der Waals surface area contributed by atoms with Crippen LogP contribution in [0, 0.1) is 0 Å². The zero-order valence-electron chi connectivity index (χ0n) is 18.9. The lowest BCUT2D eigenvalue weighted by Crippen LogP contribution is -2.20. The number of hydrogen-bond acceptors (Lipinski definition) is 4. The SMILES string of the molecule is O=c1c2ccc(N=Cc3ccccc3)cc2nc(/C=C\c2ccccc2)n1/N=C/c1ccccc1. The highest BCUT2D eigenvalue weighted by molar-refractivity contribution is 5.86. The van der Waals surface area contributed by atoms with Crippen molar-refractivity contribution >= 4 is 41.2 Å². The van der Waals surface area contributed by atoms with Gasteiger partial charge in [0.1, 0.15) is 0 Å². The molecule has 5 rings (SSSR count). The van der Waals surface area contributed by atoms with Crippen LogP contribution in [0.2, 0.25) is 0 Å². The minimum absolute atomic E-state index is 0.242. The van der Waals surface area contributed by atoms with Gasteiger partial charge in [0.05, 0.1) is 22.8 Å². The maximum atomic E-state index is 13.4. The summed E-state index contributed by atoms with van der Waals surface area (Å²) in [6.07, 6.45) is 7.17. The van der Waals surface area contributed by atoms with E-state index in [0.717, 1.165) is 22.4 Å². The third-order valence-electron chi connectivity index (χ3n) is 5.36. The fraction of sp³-hybridized carbons (Fsp3) is 0. The van der Waals surface area contributed by atoms with E-state index in [1.807, 2.05) is 109 Å². The van der Waals surface area contributed by atoms with E-state index in [1.165, 1.54) is 4.68 Å². The molecular weight excluding hydrogens is 432 g/mol. The maximum absolute atomic E-state index is 13.4. The van der Waals surface area contributed by atoms with E-state index in [1.54, 1.807) is 24.6 Å². The Morgan fingerprint density at radius 3 is 1.91 bits per heavy atom. The average Bonchev–Trinajstić information content (AvgIpc) is 2.92. The van der Waals surface area contributed by atoms with Crippen molar-refractivity contribution < 1.29 is 0 Å². The highest BCUT2D eigenvalue weighted by Crippen LogP contribution is 2.19. The first-order valence-corrected chi connectivity index (χ1v) is 11.2. The molecule has 1 heterocycles. The molecule has 5 nitrogen and oxygen atoms in total. The number of hydrogen-bond donors (Lipinski definition) is 0. The highest BCUT2D eigenvalue weighted by Gasteiger charge is 2.09. The maximum Gasteiger partial charge on any atom is 0.282 e. The summed E-state index contributed by atoms with van der Waals surface area (Å²) in [6, 6.07) is 34.8. The Morgan fingerprint density at radius 1 is 0.657 bits per heavy atom. The Labute approximate surface area is 203 Å². The number of aromatic nitrogens is 2. The fourth-order valence-corrected chi connectivity index (χ4v) is 3.57. The third-order valence-corrected chi connectivity index (χ3v) is 5.36. The molecule has 0 atom stereocenters. The van der Waals surface area contributed by atoms with Crippen molar-refractivity contribution in [3.05, 3.63) is 142 Å². The molecule has 0 unspecified atom stereocenters. The van der Waals surface area contributed by atoms with Gasteiger partial charge in [-0.05, 0) is 41.0 Å². The van der Waals surface area contributed by atoms with Crippen molar-refractivity contribution in [1.82, 2.24) is 9.66 Å². The molecule has 0 N–H and O–H groups in total. The summed E-state index contributed by atoms with van der Waals surface area (Å²) in [5, 5.41) is 4.95. The molecule has 0 spiro atoms. The molecule has 0 aliphatic heterocycles. The predicted molar refractivity (Wildman–Crippen MR) is 145 cm³/mol. The van der Waals surface area contributed by atoms with Crippen LogP contribution in [0.3, 0.4) is 0 Å². The first-order chi connectivity index (χ1) is 17.3. The van der Waals surface area contributed by atoms with Gasteiger partial charge in [0.25, 0.3) is 5.56 Å². The van der Waals surface area contributed by atoms with Gasteiger partial charge >= 0.3 is 0 Å². The summed E-state index contributed by atoms with van der Waals surface area (Å²) in [6.45, 7) is 0. The van der Waals surface area contributed by atoms with Gasteiger partial charge in [0.15, 0.2) is 5.82 Å². The van der Waals surface area contributed by atoms with E-state index < -0.39 is 0 Å². The van der Waals surface area contributed by atoms with Gasteiger partial charge in [-0.2, -0.15) is 9.78 Å². The standard InChI is InChI=1S/C30H22N4O/c35-30-27-18-17-26(31-21-24-12-6-2-7-13-24)20-28(27)33-29(19-16-23-10-4-1-5-11-23)34(30)32-22-25-14-8-3-9-15-25/h1-22H/b19-16-,31-21?,32-22+. The average molecular weight is 455 g/mol. The van der Waals surface area contributed by atoms with E-state index in [9.17, 15) is 4.79 Å². The summed E-state index contributed by atoms with van der Waals surface area (Å²) >= 11 is 0. The minimum Gasteiger partial charge on any atom is -0.267 e. The van der Waals surface area contributed by atoms with Crippen LogP contribution in [0.4, 0.5) is 5.69 Å². The molecule has 168 valence electrons. The lowest BCUT2D eigenvalue weighted by Gasteiger charge is -2.07. The molecule has 0 fully saturated rings. The number of benzene rings is 4. The molecule has 0 saturated carbocycles. The van der Waals surface area contributed by atoms with Crippen LogP contribution in [-0.4, -0.2) is 22.1 Å². The van der Waals surface area contributed by atoms with Crippen molar-refractivity contribution in [3.8, 4) is 0 Å². The van der Waals surface area contributed by atoms with Gasteiger partial charge in [0.2, 0.25) is 0 Å². The smallest absolute Gasteiger partial charge is 0.267 e. The molecule has 0 saturated heterocycles. The molecule has 0 amide bonds. The number of nitrogens with zero attached hydrogens (tertiary/aromatic N) is 4. The van der Waals surface area contributed by atoms with Gasteiger partial charge in [-0.15, -0.1) is 0 Å². The van der Waals surface area contributed by atoms with Gasteiger partial charge < -0.3 is 0 Å². The van der Waals surface area contributed by atoms with Gasteiger partial charge in [-0.1, -0.05) is 97.1 Å². The van der Waals surface area contributed by atoms with Crippen molar-refractivity contribution in [1.29, 1.82) is 0 Å². The minimum atomic E-state index is -0.242. The molecule has 4 aromatic carbocycles. The zero-order chi connectivity index (χ0) is 23.9. The summed E-state index contributed by atoms with van der Waals surface area (Å²) in [5.41, 5.74) is 3.93. The number of fused-ring (bicyclic) bond motifs is 1. The Hall–Kier alpha value is -4.90. The lowest BCUT2D eigenvalue weighted by atomic mass is 10.2. The molecule has 1 aromatic heterocycles. The van der Waals surface area contributed by atoms with E-state index in [2.05, 4.69) is 10.1 Å². The van der Waals surface area contributed by atoms with E-state index in [0.29, 0.717) is 16.7 Å². The van der Waals surface area contributed by atoms with E-state index >= 15 is 0 Å². The second-order valence-electron chi connectivity index (χ2n) is 7.86. The van der Waals surface area contributed by atoms with Crippen LogP contribution in [0.5, 0.6) is 0 Å². The lowest BCUT2D eigenvalue weighted by molar-refractivity contribution is 0.804. The Balaban J connectivity index is 1.59. The summed E-state index contributed by atoms with van der Waals surface area (Å²) in [7, 11) is 0. The van der Waals surface area contributed by atoms with Crippen LogP contribution in [-0.2, 0) is 0 Å². The zero-order valence-corrected chi connectivity index (χ0v) is 18.9. The predicted octanol–water partition coefficient (Wildman–Crippen LogP) is 6.20. The summed E-state index contributed by atoms with van der Waals surface area (Å²) < 4.78 is 1.34. The third kappa shape index (κ3) is 5.37. The first kappa shape index (κ1) is 21.9. The van der Waals surface area contributed by atoms with Gasteiger partial charge in [-0.3, -0.25) is 9.79 Å². The fourth-order valence-electron chi connectivity index (χ4n) is 3.57. The Bertz CT molecular complexity index is 1590. The molecule has 0 aliphatic rings. The molecule has 0 radical (unpaired) electrons. The van der Waals surface area contributed by atoms with Crippen LogP contribution in [0.15, 0.2) is 124 Å². The first-order valence-electron chi connectivity index (χ1n) is 11.2. The molecule has 5 aromatic rings. The van der Waals surface area contributed by atoms with Crippen LogP contribution < -0.4 is 5.56 Å². The van der Waals surface area contributed by atoms with Crippen LogP contribution in [0.25, 0.3) is 23.1 Å². The van der Waals surface area contributed by atoms with E-state index in [-0.39, 0.29) is 5.56 Å². The molecule has 5 heteroatoms. The Kier molecular flexibility index (Phi) is 6.49. The second-order valence-corrected chi connectivity index (χ2v) is 7.86. The van der Waals surface area contributed by atoms with Gasteiger partial charge in [-0.25, -0.2) is 4.98 Å². The topological polar surface area (TPSA) is 59.6 Å². The normalized spacial score (nSPS) is 11.8. The van der Waals surface area contributed by atoms with E-state index in [4.69, 9.17) is 4.98 Å². The molecule has 0 bridgehead atoms. The summed E-state index contributed by atoms with van der Waals surface area (Å²) in [5.74, 6) is 0.433. The number of rotatable bonds is 6. The number of aliphatic imine (C=N–C) groups is 1. The second kappa shape index (κ2) is 10.4. The largest absolute Gasteiger partial charge is 0.282 e. The summed E-state index contributed by atoms with van der Waals surface area (Å²) in [4.78, 5) is 22.7. The van der Waals surface area contributed by atoms with Gasteiger partial charge in [0, 0.05) is 6.21 Å². The highest BCUT2D eigenvalue weighted by atomic mass is 16.1. The van der Waals surface area contributed by atoms with Crippen molar-refractivity contribution in [2.75, 3.05) is 0 Å². The molecular formula is C30H22N4O. The van der Waals surface area contributed by atoms with Crippen LogP contribution in [0.1, 0.15) is 22.5 Å². The monoisotopic (exact) mass is 454 g/mol. The van der Waals surface area contributed by atoms with Crippen molar-refractivity contribution in [3.63, 3.8) is 0 Å². The van der Waals surface area contributed by atoms with Crippen LogP contribution >= 0.6 is 0 Å². The van der Waals surface area contributed by atoms with Crippen molar-refractivity contribution in [2.24, 2.45) is 10.1 Å².